The van der Waals surface area contributed by atoms with Crippen molar-refractivity contribution in [1.29, 1.82) is 0 Å². The van der Waals surface area contributed by atoms with Gasteiger partial charge in [0.15, 0.2) is 0 Å². The monoisotopic (exact) mass is 364 g/mol. The molecule has 0 aromatic heterocycles. The second-order valence-corrected chi connectivity index (χ2v) is 6.71. The first-order valence-electron chi connectivity index (χ1n) is 8.44. The summed E-state index contributed by atoms with van der Waals surface area (Å²) in [5.41, 5.74) is 3.71. The molecule has 0 N–H and O–H groups in total. The molecule has 0 aliphatic carbocycles. The van der Waals surface area contributed by atoms with Crippen LogP contribution in [-0.2, 0) is 16.0 Å². The molecule has 0 bridgehead atoms. The summed E-state index contributed by atoms with van der Waals surface area (Å²) in [6.45, 7) is 4.53. The van der Waals surface area contributed by atoms with E-state index in [1.54, 1.807) is 30.3 Å². The lowest BCUT2D eigenvalue weighted by Gasteiger charge is -2.21. The molecule has 0 saturated carbocycles. The Labute approximate surface area is 157 Å². The Bertz CT molecular complexity index is 947. The van der Waals surface area contributed by atoms with Crippen molar-refractivity contribution in [3.05, 3.63) is 83.0 Å². The van der Waals surface area contributed by atoms with Crippen molar-refractivity contribution in [1.82, 2.24) is 4.90 Å². The van der Waals surface area contributed by atoms with Crippen LogP contribution in [0.4, 0.5) is 5.69 Å². The molecule has 2 aromatic rings. The average Bonchev–Trinajstić information content (AvgIpc) is 3.17. The summed E-state index contributed by atoms with van der Waals surface area (Å²) in [5.74, 6) is -0.576. The molecule has 0 fully saturated rings. The summed E-state index contributed by atoms with van der Waals surface area (Å²) in [6, 6.07) is 15.0. The largest absolute Gasteiger partial charge is 0.336 e. The molecule has 26 heavy (non-hydrogen) atoms. The van der Waals surface area contributed by atoms with Crippen LogP contribution < -0.4 is 4.90 Å². The fourth-order valence-electron chi connectivity index (χ4n) is 3.56. The van der Waals surface area contributed by atoms with E-state index in [1.807, 2.05) is 23.1 Å². The molecule has 0 unspecified atom stereocenters. The summed E-state index contributed by atoms with van der Waals surface area (Å²) in [7, 11) is 0. The molecule has 130 valence electrons. The molecular weight excluding hydrogens is 348 g/mol. The number of amides is 2. The Kier molecular flexibility index (Phi) is 4.13. The molecule has 4 rings (SSSR count). The number of benzene rings is 2. The Hall–Kier alpha value is -2.85. The van der Waals surface area contributed by atoms with Gasteiger partial charge < -0.3 is 4.90 Å². The molecule has 5 heteroatoms. The second kappa shape index (κ2) is 6.46. The summed E-state index contributed by atoms with van der Waals surface area (Å²) in [5, 5.41) is 0.585. The molecule has 2 aliphatic heterocycles. The fraction of sp³-hybridized carbons (Fsp3) is 0.143. The van der Waals surface area contributed by atoms with E-state index in [1.165, 1.54) is 10.5 Å². The van der Waals surface area contributed by atoms with Crippen LogP contribution in [-0.4, -0.2) is 29.8 Å². The van der Waals surface area contributed by atoms with Crippen molar-refractivity contribution in [2.45, 2.75) is 6.42 Å². The van der Waals surface area contributed by atoms with E-state index in [0.29, 0.717) is 28.4 Å². The van der Waals surface area contributed by atoms with E-state index >= 15 is 0 Å². The second-order valence-electron chi connectivity index (χ2n) is 6.27. The van der Waals surface area contributed by atoms with Crippen molar-refractivity contribution in [3.63, 3.8) is 0 Å². The van der Waals surface area contributed by atoms with Gasteiger partial charge in [0.1, 0.15) is 5.70 Å². The van der Waals surface area contributed by atoms with E-state index in [-0.39, 0.29) is 18.4 Å². The zero-order valence-corrected chi connectivity index (χ0v) is 14.9. The van der Waals surface area contributed by atoms with Crippen molar-refractivity contribution in [2.24, 2.45) is 0 Å². The lowest BCUT2D eigenvalue weighted by molar-refractivity contribution is -0.136. The predicted octanol–water partition coefficient (Wildman–Crippen LogP) is 3.67. The van der Waals surface area contributed by atoms with Crippen LogP contribution in [0, 0.1) is 0 Å². The SMILES string of the molecule is C=CCN1C(=O)C(c2ccc(Cl)cc2)=C(N2CCc3ccccc32)C1=O. The fourth-order valence-corrected chi connectivity index (χ4v) is 3.68. The van der Waals surface area contributed by atoms with E-state index in [9.17, 15) is 9.59 Å². The van der Waals surface area contributed by atoms with Crippen LogP contribution in [0.25, 0.3) is 5.57 Å². The number of hydrogen-bond donors (Lipinski definition) is 0. The lowest BCUT2D eigenvalue weighted by Crippen LogP contribution is -2.34. The van der Waals surface area contributed by atoms with Crippen LogP contribution in [0.1, 0.15) is 11.1 Å². The van der Waals surface area contributed by atoms with Crippen LogP contribution in [0.2, 0.25) is 5.02 Å². The highest BCUT2D eigenvalue weighted by molar-refractivity contribution is 6.37. The third-order valence-corrected chi connectivity index (χ3v) is 5.00. The molecule has 0 radical (unpaired) electrons. The van der Waals surface area contributed by atoms with Crippen LogP contribution in [0.5, 0.6) is 0 Å². The van der Waals surface area contributed by atoms with E-state index in [2.05, 4.69) is 12.6 Å². The molecular formula is C21H17ClN2O2. The van der Waals surface area contributed by atoms with E-state index < -0.39 is 0 Å². The minimum atomic E-state index is -0.295. The van der Waals surface area contributed by atoms with Crippen molar-refractivity contribution >= 4 is 34.7 Å². The molecule has 2 aliphatic rings. The molecule has 0 spiro atoms. The normalized spacial score (nSPS) is 16.5. The first-order chi connectivity index (χ1) is 12.6. The molecule has 0 saturated heterocycles. The number of para-hydroxylation sites is 1. The Balaban J connectivity index is 1.88. The minimum absolute atomic E-state index is 0.188. The number of imide groups is 1. The van der Waals surface area contributed by atoms with Crippen molar-refractivity contribution in [2.75, 3.05) is 18.0 Å². The molecule has 2 amide bonds. The van der Waals surface area contributed by atoms with Gasteiger partial charge in [0.05, 0.1) is 5.57 Å². The summed E-state index contributed by atoms with van der Waals surface area (Å²) < 4.78 is 0. The minimum Gasteiger partial charge on any atom is -0.336 e. The zero-order chi connectivity index (χ0) is 18.3. The van der Waals surface area contributed by atoms with E-state index in [4.69, 9.17) is 11.6 Å². The average molecular weight is 365 g/mol. The van der Waals surface area contributed by atoms with Crippen molar-refractivity contribution in [3.8, 4) is 0 Å². The number of rotatable bonds is 4. The highest BCUT2D eigenvalue weighted by atomic mass is 35.5. The zero-order valence-electron chi connectivity index (χ0n) is 14.1. The van der Waals surface area contributed by atoms with Gasteiger partial charge in [-0.3, -0.25) is 14.5 Å². The third-order valence-electron chi connectivity index (χ3n) is 4.75. The topological polar surface area (TPSA) is 40.6 Å². The number of carbonyl (C=O) groups excluding carboxylic acids is 2. The summed E-state index contributed by atoms with van der Waals surface area (Å²) >= 11 is 5.99. The van der Waals surface area contributed by atoms with Crippen LogP contribution in [0.15, 0.2) is 66.9 Å². The van der Waals surface area contributed by atoms with Gasteiger partial charge in [0.25, 0.3) is 11.8 Å². The van der Waals surface area contributed by atoms with Crippen LogP contribution in [0.3, 0.4) is 0 Å². The van der Waals surface area contributed by atoms with Gasteiger partial charge in [0.2, 0.25) is 0 Å². The maximum Gasteiger partial charge on any atom is 0.278 e. The smallest absolute Gasteiger partial charge is 0.278 e. The lowest BCUT2D eigenvalue weighted by atomic mass is 10.0. The highest BCUT2D eigenvalue weighted by Gasteiger charge is 2.42. The molecule has 4 nitrogen and oxygen atoms in total. The van der Waals surface area contributed by atoms with Gasteiger partial charge in [-0.2, -0.15) is 0 Å². The van der Waals surface area contributed by atoms with Crippen molar-refractivity contribution < 1.29 is 9.59 Å². The van der Waals surface area contributed by atoms with Gasteiger partial charge in [-0.1, -0.05) is 48.0 Å². The summed E-state index contributed by atoms with van der Waals surface area (Å²) in [4.78, 5) is 29.3. The highest BCUT2D eigenvalue weighted by Crippen LogP contribution is 2.38. The van der Waals surface area contributed by atoms with Gasteiger partial charge in [-0.05, 0) is 35.7 Å². The van der Waals surface area contributed by atoms with Gasteiger partial charge in [0, 0.05) is 23.8 Å². The van der Waals surface area contributed by atoms with Crippen LogP contribution >= 0.6 is 11.6 Å². The standard InChI is InChI=1S/C21H17ClN2O2/c1-2-12-24-20(25)18(15-7-9-16(22)10-8-15)19(21(24)26)23-13-11-14-5-3-4-6-17(14)23/h2-10H,1,11-13H2. The maximum absolute atomic E-state index is 13.1. The third kappa shape index (κ3) is 2.54. The number of carbonyl (C=O) groups is 2. The Morgan fingerprint density at radius 2 is 1.77 bits per heavy atom. The Morgan fingerprint density at radius 3 is 2.50 bits per heavy atom. The number of anilines is 1. The molecule has 2 aromatic carbocycles. The quantitative estimate of drug-likeness (QED) is 0.614. The molecule has 0 atom stereocenters. The number of fused-ring (bicyclic) bond motifs is 1. The van der Waals surface area contributed by atoms with E-state index in [0.717, 1.165) is 12.1 Å². The first kappa shape index (κ1) is 16.6. The number of nitrogens with zero attached hydrogens (tertiary/aromatic N) is 2. The Morgan fingerprint density at radius 1 is 1.04 bits per heavy atom. The number of halogens is 1. The van der Waals surface area contributed by atoms with Gasteiger partial charge in [-0.25, -0.2) is 0 Å². The maximum atomic E-state index is 13.1. The molecule has 2 heterocycles. The van der Waals surface area contributed by atoms with Gasteiger partial charge in [-0.15, -0.1) is 6.58 Å². The number of hydrogen-bond acceptors (Lipinski definition) is 3. The van der Waals surface area contributed by atoms with Gasteiger partial charge >= 0.3 is 0 Å². The first-order valence-corrected chi connectivity index (χ1v) is 8.82. The summed E-state index contributed by atoms with van der Waals surface area (Å²) in [6.07, 6.45) is 2.41. The predicted molar refractivity (Wildman–Crippen MR) is 103 cm³/mol.